The number of amides is 1. The molecule has 1 aromatic heterocycles. The number of hydrogen-bond donors (Lipinski definition) is 1. The Hall–Kier alpha value is -1.31. The summed E-state index contributed by atoms with van der Waals surface area (Å²) in [6.07, 6.45) is 7.10. The summed E-state index contributed by atoms with van der Waals surface area (Å²) < 4.78 is 0.850. The van der Waals surface area contributed by atoms with Crippen molar-refractivity contribution in [3.63, 3.8) is 0 Å². The molecule has 0 radical (unpaired) electrons. The first-order chi connectivity index (χ1) is 12.7. The highest BCUT2D eigenvalue weighted by atomic mass is 35.5. The summed E-state index contributed by atoms with van der Waals surface area (Å²) in [5, 5.41) is 13.4. The maximum atomic E-state index is 12.8. The highest BCUT2D eigenvalue weighted by Gasteiger charge is 2.35. The molecule has 0 spiro atoms. The van der Waals surface area contributed by atoms with Gasteiger partial charge in [-0.05, 0) is 31.4 Å². The van der Waals surface area contributed by atoms with Crippen LogP contribution in [0.1, 0.15) is 38.5 Å². The number of thioether (sulfide) groups is 1. The van der Waals surface area contributed by atoms with Gasteiger partial charge < -0.3 is 10.2 Å². The number of rotatable bonds is 5. The van der Waals surface area contributed by atoms with Gasteiger partial charge in [0.05, 0.1) is 16.0 Å². The molecule has 8 heteroatoms. The summed E-state index contributed by atoms with van der Waals surface area (Å²) in [5.41, 5.74) is 0.791. The Morgan fingerprint density at radius 1 is 1.15 bits per heavy atom. The molecule has 1 aliphatic carbocycles. The molecule has 2 aromatic rings. The summed E-state index contributed by atoms with van der Waals surface area (Å²) >= 11 is 9.31. The number of benzene rings is 1. The molecule has 1 N–H and O–H groups in total. The Labute approximate surface area is 166 Å². The van der Waals surface area contributed by atoms with E-state index in [1.807, 2.05) is 24.3 Å². The Morgan fingerprint density at radius 2 is 1.96 bits per heavy atom. The molecule has 1 aliphatic heterocycles. The molecule has 5 nitrogen and oxygen atoms in total. The van der Waals surface area contributed by atoms with E-state index in [0.717, 1.165) is 21.6 Å². The van der Waals surface area contributed by atoms with Crippen molar-refractivity contribution in [2.45, 2.75) is 54.2 Å². The molecule has 1 unspecified atom stereocenters. The number of anilines is 2. The summed E-state index contributed by atoms with van der Waals surface area (Å²) in [5.74, 6) is 0.0973. The number of hydrogen-bond acceptors (Lipinski definition) is 6. The maximum absolute atomic E-state index is 12.8. The molecular weight excluding hydrogens is 388 g/mol. The number of nitrogens with one attached hydrogen (secondary N) is 1. The lowest BCUT2D eigenvalue weighted by Gasteiger charge is -2.21. The minimum atomic E-state index is -0.123. The topological polar surface area (TPSA) is 58.1 Å². The average molecular weight is 409 g/mol. The number of carbonyl (C=O) groups is 1. The fourth-order valence-corrected chi connectivity index (χ4v) is 5.88. The molecule has 0 bridgehead atoms. The van der Waals surface area contributed by atoms with Crippen molar-refractivity contribution in [2.24, 2.45) is 0 Å². The molecule has 1 amide bonds. The lowest BCUT2D eigenvalue weighted by atomic mass is 9.96. The predicted molar refractivity (Wildman–Crippen MR) is 108 cm³/mol. The van der Waals surface area contributed by atoms with Gasteiger partial charge in [0.15, 0.2) is 4.34 Å². The molecule has 1 atom stereocenters. The maximum Gasteiger partial charge on any atom is 0.240 e. The highest BCUT2D eigenvalue weighted by Crippen LogP contribution is 2.37. The molecule has 26 heavy (non-hydrogen) atoms. The van der Waals surface area contributed by atoms with Crippen molar-refractivity contribution in [2.75, 3.05) is 16.8 Å². The molecule has 1 saturated heterocycles. The van der Waals surface area contributed by atoms with Gasteiger partial charge in [-0.2, -0.15) is 0 Å². The molecule has 2 heterocycles. The van der Waals surface area contributed by atoms with Crippen molar-refractivity contribution in [1.29, 1.82) is 0 Å². The van der Waals surface area contributed by atoms with Gasteiger partial charge in [0.25, 0.3) is 0 Å². The van der Waals surface area contributed by atoms with E-state index in [0.29, 0.717) is 17.6 Å². The minimum Gasteiger partial charge on any atom is -0.357 e. The van der Waals surface area contributed by atoms with Crippen LogP contribution >= 0.6 is 34.7 Å². The van der Waals surface area contributed by atoms with E-state index >= 15 is 0 Å². The van der Waals surface area contributed by atoms with Crippen LogP contribution in [0.15, 0.2) is 28.6 Å². The van der Waals surface area contributed by atoms with Gasteiger partial charge in [0.1, 0.15) is 0 Å². The van der Waals surface area contributed by atoms with Gasteiger partial charge in [-0.3, -0.25) is 4.79 Å². The summed E-state index contributed by atoms with van der Waals surface area (Å²) in [4.78, 5) is 14.6. The number of carbonyl (C=O) groups excluding carboxylic acids is 1. The zero-order chi connectivity index (χ0) is 17.9. The highest BCUT2D eigenvalue weighted by molar-refractivity contribution is 8.02. The van der Waals surface area contributed by atoms with E-state index < -0.39 is 0 Å². The first-order valence-corrected chi connectivity index (χ1v) is 11.1. The first kappa shape index (κ1) is 18.1. The van der Waals surface area contributed by atoms with Crippen molar-refractivity contribution in [1.82, 2.24) is 10.2 Å². The third-order valence-corrected chi connectivity index (χ3v) is 7.39. The SMILES string of the molecule is O=C1C(Sc2nnc(NC3CCCCC3)s2)CCN1c1ccccc1Cl. The third-order valence-electron chi connectivity index (χ3n) is 4.88. The third kappa shape index (κ3) is 4.00. The number of halogens is 1. The van der Waals surface area contributed by atoms with Crippen molar-refractivity contribution in [3.05, 3.63) is 29.3 Å². The Kier molecular flexibility index (Phi) is 5.66. The zero-order valence-electron chi connectivity index (χ0n) is 14.4. The molecule has 2 aliphatic rings. The average Bonchev–Trinajstić information content (AvgIpc) is 3.24. The van der Waals surface area contributed by atoms with E-state index in [-0.39, 0.29) is 11.2 Å². The number of aromatic nitrogens is 2. The molecular formula is C18H21ClN4OS2. The van der Waals surface area contributed by atoms with Gasteiger partial charge in [-0.25, -0.2) is 0 Å². The van der Waals surface area contributed by atoms with E-state index in [1.165, 1.54) is 43.9 Å². The van der Waals surface area contributed by atoms with Crippen LogP contribution in [0.2, 0.25) is 5.02 Å². The second-order valence-electron chi connectivity index (χ2n) is 6.69. The van der Waals surface area contributed by atoms with E-state index in [4.69, 9.17) is 11.6 Å². The van der Waals surface area contributed by atoms with E-state index in [2.05, 4.69) is 15.5 Å². The fourth-order valence-electron chi connectivity index (χ4n) is 3.53. The quantitative estimate of drug-likeness (QED) is 0.767. The lowest BCUT2D eigenvalue weighted by molar-refractivity contribution is -0.116. The van der Waals surface area contributed by atoms with Crippen molar-refractivity contribution < 1.29 is 4.79 Å². The van der Waals surface area contributed by atoms with E-state index in [1.54, 1.807) is 16.2 Å². The predicted octanol–water partition coefficient (Wildman–Crippen LogP) is 4.83. The van der Waals surface area contributed by atoms with Gasteiger partial charge in [0.2, 0.25) is 11.0 Å². The molecule has 1 saturated carbocycles. The second-order valence-corrected chi connectivity index (χ2v) is 9.52. The van der Waals surface area contributed by atoms with E-state index in [9.17, 15) is 4.79 Å². The summed E-state index contributed by atoms with van der Waals surface area (Å²) in [7, 11) is 0. The van der Waals surface area contributed by atoms with Crippen LogP contribution in [0.3, 0.4) is 0 Å². The van der Waals surface area contributed by atoms with Crippen LogP contribution in [-0.2, 0) is 4.79 Å². The number of para-hydroxylation sites is 1. The van der Waals surface area contributed by atoms with Crippen molar-refractivity contribution >= 4 is 51.4 Å². The molecule has 4 rings (SSSR count). The summed E-state index contributed by atoms with van der Waals surface area (Å²) in [6.45, 7) is 0.687. The molecule has 2 fully saturated rings. The normalized spacial score (nSPS) is 21.3. The van der Waals surface area contributed by atoms with Crippen LogP contribution in [0.4, 0.5) is 10.8 Å². The Bertz CT molecular complexity index is 778. The van der Waals surface area contributed by atoms with Gasteiger partial charge >= 0.3 is 0 Å². The monoisotopic (exact) mass is 408 g/mol. The zero-order valence-corrected chi connectivity index (χ0v) is 16.7. The largest absolute Gasteiger partial charge is 0.357 e. The standard InChI is InChI=1S/C18H21ClN4OS2/c19-13-8-4-5-9-14(13)23-11-10-15(16(23)24)25-18-22-21-17(26-18)20-12-6-2-1-3-7-12/h4-5,8-9,12,15H,1-3,6-7,10-11H2,(H,20,21). The minimum absolute atomic E-state index is 0.0973. The lowest BCUT2D eigenvalue weighted by Crippen LogP contribution is -2.28. The van der Waals surface area contributed by atoms with Crippen LogP contribution in [0, 0.1) is 0 Å². The Morgan fingerprint density at radius 3 is 2.77 bits per heavy atom. The smallest absolute Gasteiger partial charge is 0.240 e. The molecule has 1 aromatic carbocycles. The second kappa shape index (κ2) is 8.15. The first-order valence-electron chi connectivity index (χ1n) is 9.03. The van der Waals surface area contributed by atoms with Crippen LogP contribution in [0.25, 0.3) is 0 Å². The number of nitrogens with zero attached hydrogens (tertiary/aromatic N) is 3. The van der Waals surface area contributed by atoms with Crippen LogP contribution < -0.4 is 10.2 Å². The van der Waals surface area contributed by atoms with Gasteiger partial charge in [-0.1, -0.05) is 66.1 Å². The summed E-state index contributed by atoms with van der Waals surface area (Å²) in [6, 6.07) is 8.01. The van der Waals surface area contributed by atoms with Crippen molar-refractivity contribution in [3.8, 4) is 0 Å². The Balaban J connectivity index is 1.37. The van der Waals surface area contributed by atoms with Crippen LogP contribution in [0.5, 0.6) is 0 Å². The molecule has 138 valence electrons. The van der Waals surface area contributed by atoms with Gasteiger partial charge in [-0.15, -0.1) is 10.2 Å². The van der Waals surface area contributed by atoms with Gasteiger partial charge in [0, 0.05) is 12.6 Å². The van der Waals surface area contributed by atoms with Crippen LogP contribution in [-0.4, -0.2) is 33.9 Å². The fraction of sp³-hybridized carbons (Fsp3) is 0.500.